The predicted octanol–water partition coefficient (Wildman–Crippen LogP) is 1.98. The van der Waals surface area contributed by atoms with E-state index in [2.05, 4.69) is 15.2 Å². The minimum atomic E-state index is -0.516. The standard InChI is InChI=1S/C14H15ClFN3O2/c15-10-1-2-11-9(13(10)16)7-12(18-11)14(20)17-8-19-3-5-21-6-4-19/h1-2,7,18H,3-6,8H2,(H,17,20). The van der Waals surface area contributed by atoms with Crippen LogP contribution in [0.2, 0.25) is 5.02 Å². The summed E-state index contributed by atoms with van der Waals surface area (Å²) in [6.45, 7) is 3.37. The van der Waals surface area contributed by atoms with Crippen LogP contribution in [0, 0.1) is 5.82 Å². The molecular weight excluding hydrogens is 297 g/mol. The van der Waals surface area contributed by atoms with Crippen LogP contribution >= 0.6 is 11.6 Å². The molecule has 0 spiro atoms. The number of aromatic amines is 1. The topological polar surface area (TPSA) is 57.4 Å². The fraction of sp³-hybridized carbons (Fsp3) is 0.357. The van der Waals surface area contributed by atoms with Crippen molar-refractivity contribution in [3.8, 4) is 0 Å². The van der Waals surface area contributed by atoms with Gasteiger partial charge >= 0.3 is 0 Å². The average molecular weight is 312 g/mol. The highest BCUT2D eigenvalue weighted by atomic mass is 35.5. The second-order valence-corrected chi connectivity index (χ2v) is 5.31. The molecule has 1 amide bonds. The summed E-state index contributed by atoms with van der Waals surface area (Å²) in [7, 11) is 0. The van der Waals surface area contributed by atoms with E-state index in [1.165, 1.54) is 12.1 Å². The Morgan fingerprint density at radius 1 is 1.43 bits per heavy atom. The Hall–Kier alpha value is -1.63. The Kier molecular flexibility index (Phi) is 4.10. The van der Waals surface area contributed by atoms with Crippen molar-refractivity contribution in [2.45, 2.75) is 0 Å². The predicted molar refractivity (Wildman–Crippen MR) is 78.0 cm³/mol. The lowest BCUT2D eigenvalue weighted by Gasteiger charge is -2.26. The first-order valence-electron chi connectivity index (χ1n) is 6.70. The second-order valence-electron chi connectivity index (χ2n) is 4.90. The van der Waals surface area contributed by atoms with Crippen molar-refractivity contribution in [3.63, 3.8) is 0 Å². The van der Waals surface area contributed by atoms with Crippen molar-refractivity contribution >= 4 is 28.4 Å². The van der Waals surface area contributed by atoms with Gasteiger partial charge in [-0.15, -0.1) is 0 Å². The number of ether oxygens (including phenoxy) is 1. The van der Waals surface area contributed by atoms with Gasteiger partial charge in [-0.25, -0.2) is 4.39 Å². The van der Waals surface area contributed by atoms with Gasteiger partial charge in [-0.1, -0.05) is 11.6 Å². The lowest BCUT2D eigenvalue weighted by Crippen LogP contribution is -2.43. The van der Waals surface area contributed by atoms with Crippen LogP contribution in [0.1, 0.15) is 10.5 Å². The SMILES string of the molecule is O=C(NCN1CCOCC1)c1cc2c(F)c(Cl)ccc2[nH]1. The maximum absolute atomic E-state index is 13.8. The largest absolute Gasteiger partial charge is 0.379 e. The molecule has 1 aliphatic heterocycles. The van der Waals surface area contributed by atoms with Gasteiger partial charge in [0.25, 0.3) is 5.91 Å². The minimum Gasteiger partial charge on any atom is -0.379 e. The van der Waals surface area contributed by atoms with E-state index in [9.17, 15) is 9.18 Å². The number of H-pyrrole nitrogens is 1. The smallest absolute Gasteiger partial charge is 0.268 e. The number of nitrogens with one attached hydrogen (secondary N) is 2. The molecule has 1 aromatic carbocycles. The molecule has 2 N–H and O–H groups in total. The molecule has 2 aromatic rings. The molecule has 3 rings (SSSR count). The molecule has 1 aromatic heterocycles. The van der Waals surface area contributed by atoms with Crippen molar-refractivity contribution in [1.82, 2.24) is 15.2 Å². The molecule has 1 fully saturated rings. The van der Waals surface area contributed by atoms with Crippen LogP contribution < -0.4 is 5.32 Å². The maximum atomic E-state index is 13.8. The number of benzene rings is 1. The van der Waals surface area contributed by atoms with E-state index in [1.807, 2.05) is 0 Å². The first kappa shape index (κ1) is 14.3. The van der Waals surface area contributed by atoms with Crippen LogP contribution in [-0.4, -0.2) is 48.8 Å². The number of halogens is 2. The second kappa shape index (κ2) is 6.01. The van der Waals surface area contributed by atoms with Gasteiger partial charge in [0.1, 0.15) is 5.69 Å². The molecule has 0 unspecified atom stereocenters. The molecule has 2 heterocycles. The van der Waals surface area contributed by atoms with Gasteiger partial charge in [-0.05, 0) is 18.2 Å². The highest BCUT2D eigenvalue weighted by molar-refractivity contribution is 6.31. The third-order valence-corrected chi connectivity index (χ3v) is 3.79. The molecule has 0 radical (unpaired) electrons. The number of morpholine rings is 1. The molecule has 1 saturated heterocycles. The quantitative estimate of drug-likeness (QED) is 0.911. The van der Waals surface area contributed by atoms with Crippen LogP contribution in [0.25, 0.3) is 10.9 Å². The summed E-state index contributed by atoms with van der Waals surface area (Å²) < 4.78 is 19.1. The summed E-state index contributed by atoms with van der Waals surface area (Å²) in [5, 5.41) is 3.17. The monoisotopic (exact) mass is 311 g/mol. The van der Waals surface area contributed by atoms with Gasteiger partial charge in [-0.3, -0.25) is 9.69 Å². The Balaban J connectivity index is 1.71. The highest BCUT2D eigenvalue weighted by Gasteiger charge is 2.15. The zero-order valence-corrected chi connectivity index (χ0v) is 12.0. The van der Waals surface area contributed by atoms with E-state index in [4.69, 9.17) is 16.3 Å². The summed E-state index contributed by atoms with van der Waals surface area (Å²) >= 11 is 5.73. The number of nitrogens with zero attached hydrogens (tertiary/aromatic N) is 1. The lowest BCUT2D eigenvalue weighted by atomic mass is 10.2. The normalized spacial score (nSPS) is 16.3. The zero-order valence-electron chi connectivity index (χ0n) is 11.3. The van der Waals surface area contributed by atoms with Crippen molar-refractivity contribution in [2.24, 2.45) is 0 Å². The minimum absolute atomic E-state index is 0.0433. The number of rotatable bonds is 3. The molecule has 5 nitrogen and oxygen atoms in total. The van der Waals surface area contributed by atoms with E-state index >= 15 is 0 Å². The summed E-state index contributed by atoms with van der Waals surface area (Å²) in [5.74, 6) is -0.786. The molecule has 21 heavy (non-hydrogen) atoms. The van der Waals surface area contributed by atoms with E-state index in [0.717, 1.165) is 13.1 Å². The van der Waals surface area contributed by atoms with Crippen LogP contribution in [0.3, 0.4) is 0 Å². The van der Waals surface area contributed by atoms with E-state index in [-0.39, 0.29) is 10.9 Å². The summed E-state index contributed by atoms with van der Waals surface area (Å²) in [6, 6.07) is 4.59. The number of carbonyl (C=O) groups is 1. The van der Waals surface area contributed by atoms with Gasteiger partial charge < -0.3 is 15.0 Å². The fourth-order valence-electron chi connectivity index (χ4n) is 2.30. The third-order valence-electron chi connectivity index (χ3n) is 3.50. The Morgan fingerprint density at radius 2 is 2.19 bits per heavy atom. The molecule has 0 saturated carbocycles. The number of fused-ring (bicyclic) bond motifs is 1. The molecule has 0 aliphatic carbocycles. The van der Waals surface area contributed by atoms with Gasteiger partial charge in [0.2, 0.25) is 0 Å². The number of hydrogen-bond acceptors (Lipinski definition) is 3. The van der Waals surface area contributed by atoms with Crippen LogP contribution in [0.4, 0.5) is 4.39 Å². The Bertz CT molecular complexity index is 668. The first-order valence-corrected chi connectivity index (χ1v) is 7.08. The molecule has 0 bridgehead atoms. The van der Waals surface area contributed by atoms with Crippen LogP contribution in [0.15, 0.2) is 18.2 Å². The van der Waals surface area contributed by atoms with Crippen molar-refractivity contribution < 1.29 is 13.9 Å². The van der Waals surface area contributed by atoms with Gasteiger partial charge in [0, 0.05) is 24.0 Å². The van der Waals surface area contributed by atoms with Crippen LogP contribution in [-0.2, 0) is 4.74 Å². The third kappa shape index (κ3) is 3.02. The van der Waals surface area contributed by atoms with Gasteiger partial charge in [0.15, 0.2) is 5.82 Å². The van der Waals surface area contributed by atoms with Gasteiger partial charge in [-0.2, -0.15) is 0 Å². The number of aromatic nitrogens is 1. The molecule has 1 aliphatic rings. The van der Waals surface area contributed by atoms with Crippen molar-refractivity contribution in [3.05, 3.63) is 34.7 Å². The van der Waals surface area contributed by atoms with E-state index in [0.29, 0.717) is 36.5 Å². The number of amides is 1. The summed E-state index contributed by atoms with van der Waals surface area (Å²) in [4.78, 5) is 17.1. The molecule has 112 valence electrons. The first-order chi connectivity index (χ1) is 10.1. The number of carbonyl (C=O) groups excluding carboxylic acids is 1. The molecule has 7 heteroatoms. The van der Waals surface area contributed by atoms with Crippen molar-refractivity contribution in [1.29, 1.82) is 0 Å². The Labute approximate surface area is 126 Å². The van der Waals surface area contributed by atoms with Crippen LogP contribution in [0.5, 0.6) is 0 Å². The molecular formula is C14H15ClFN3O2. The van der Waals surface area contributed by atoms with E-state index in [1.54, 1.807) is 6.07 Å². The highest BCUT2D eigenvalue weighted by Crippen LogP contribution is 2.25. The number of hydrogen-bond donors (Lipinski definition) is 2. The fourth-order valence-corrected chi connectivity index (χ4v) is 2.47. The molecule has 0 atom stereocenters. The zero-order chi connectivity index (χ0) is 14.8. The Morgan fingerprint density at radius 3 is 2.95 bits per heavy atom. The maximum Gasteiger partial charge on any atom is 0.268 e. The van der Waals surface area contributed by atoms with Gasteiger partial charge in [0.05, 0.1) is 24.9 Å². The van der Waals surface area contributed by atoms with Crippen molar-refractivity contribution in [2.75, 3.05) is 33.0 Å². The lowest BCUT2D eigenvalue weighted by molar-refractivity contribution is 0.0334. The summed E-state index contributed by atoms with van der Waals surface area (Å²) in [6.07, 6.45) is 0. The van der Waals surface area contributed by atoms with E-state index < -0.39 is 5.82 Å². The average Bonchev–Trinajstić information content (AvgIpc) is 2.95. The summed E-state index contributed by atoms with van der Waals surface area (Å²) in [5.41, 5.74) is 0.868.